The van der Waals surface area contributed by atoms with Gasteiger partial charge in [-0.15, -0.1) is 0 Å². The molecular weight excluding hydrogens is 382 g/mol. The molecule has 0 fully saturated rings. The fourth-order valence-electron chi connectivity index (χ4n) is 3.23. The number of nitrogens with two attached hydrogens (primary N) is 2. The highest BCUT2D eigenvalue weighted by Gasteiger charge is 2.58. The Labute approximate surface area is 157 Å². The third-order valence-corrected chi connectivity index (χ3v) is 4.66. The van der Waals surface area contributed by atoms with Crippen molar-refractivity contribution in [3.8, 4) is 0 Å². The molecule has 2 aliphatic rings. The maximum absolute atomic E-state index is 14.4. The maximum atomic E-state index is 14.4. The molecule has 1 aromatic rings. The zero-order valence-electron chi connectivity index (χ0n) is 14.4. The van der Waals surface area contributed by atoms with Gasteiger partial charge in [-0.1, -0.05) is 54.6 Å². The number of allylic oxidation sites excluding steroid dienone is 8. The molecule has 1 atom stereocenters. The summed E-state index contributed by atoms with van der Waals surface area (Å²) < 4.78 is 82.9. The van der Waals surface area contributed by atoms with E-state index in [1.54, 1.807) is 0 Å². The van der Waals surface area contributed by atoms with Crippen LogP contribution < -0.4 is 11.5 Å². The molecule has 8 heteroatoms. The largest absolute Gasteiger partial charge is 0.416 e. The molecule has 0 aromatic heterocycles. The van der Waals surface area contributed by atoms with E-state index in [1.165, 1.54) is 54.6 Å². The van der Waals surface area contributed by atoms with Crippen molar-refractivity contribution in [1.82, 2.24) is 0 Å². The monoisotopic (exact) mass is 398 g/mol. The average molecular weight is 398 g/mol. The van der Waals surface area contributed by atoms with Crippen LogP contribution in [0.15, 0.2) is 89.6 Å². The summed E-state index contributed by atoms with van der Waals surface area (Å²) in [5, 5.41) is 0. The van der Waals surface area contributed by atoms with E-state index in [9.17, 15) is 26.3 Å². The number of halogens is 6. The van der Waals surface area contributed by atoms with Crippen LogP contribution in [0.4, 0.5) is 26.3 Å². The van der Waals surface area contributed by atoms with Crippen LogP contribution in [0.2, 0.25) is 0 Å². The molecule has 3 rings (SSSR count). The minimum Gasteiger partial charge on any atom is -0.307 e. The van der Waals surface area contributed by atoms with Crippen molar-refractivity contribution in [2.75, 3.05) is 0 Å². The van der Waals surface area contributed by atoms with Crippen LogP contribution in [-0.2, 0) is 5.41 Å². The first-order valence-electron chi connectivity index (χ1n) is 8.18. The second kappa shape index (κ2) is 6.49. The zero-order chi connectivity index (χ0) is 20.8. The molecule has 0 saturated carbocycles. The Balaban J connectivity index is 2.35. The standard InChI is InChI=1S/C20H16F6N2/c21-19(22,23)15-8-11-18(20(24,25)26,14-4-2-1-3-5-14)16(12-15)13-6-9-17(27,28)10-7-13/h1-12H,27-28H2. The van der Waals surface area contributed by atoms with E-state index >= 15 is 0 Å². The summed E-state index contributed by atoms with van der Waals surface area (Å²) in [4.78, 5) is 0. The lowest BCUT2D eigenvalue weighted by Crippen LogP contribution is -2.47. The molecule has 28 heavy (non-hydrogen) atoms. The highest BCUT2D eigenvalue weighted by molar-refractivity contribution is 5.61. The van der Waals surface area contributed by atoms with Crippen LogP contribution in [0.5, 0.6) is 0 Å². The van der Waals surface area contributed by atoms with Gasteiger partial charge in [-0.25, -0.2) is 0 Å². The zero-order valence-corrected chi connectivity index (χ0v) is 14.4. The molecule has 0 spiro atoms. The van der Waals surface area contributed by atoms with Gasteiger partial charge in [0, 0.05) is 0 Å². The molecular formula is C20H16F6N2. The number of hydrogen-bond donors (Lipinski definition) is 2. The van der Waals surface area contributed by atoms with Gasteiger partial charge in [0.2, 0.25) is 0 Å². The van der Waals surface area contributed by atoms with Gasteiger partial charge in [0.25, 0.3) is 0 Å². The number of alkyl halides is 6. The van der Waals surface area contributed by atoms with Crippen molar-refractivity contribution >= 4 is 0 Å². The molecule has 148 valence electrons. The first kappa shape index (κ1) is 20.2. The molecule has 2 aliphatic carbocycles. The van der Waals surface area contributed by atoms with Crippen LogP contribution >= 0.6 is 0 Å². The van der Waals surface area contributed by atoms with Crippen molar-refractivity contribution in [3.63, 3.8) is 0 Å². The topological polar surface area (TPSA) is 52.0 Å². The second-order valence-corrected chi connectivity index (χ2v) is 6.64. The summed E-state index contributed by atoms with van der Waals surface area (Å²) in [5.74, 6) is 0. The number of rotatable bonds is 1. The molecule has 0 heterocycles. The Morgan fingerprint density at radius 1 is 0.750 bits per heavy atom. The SMILES string of the molecule is NC1(N)C=CC(=C2C=C(C(F)(F)F)C=CC2(c2ccccc2)C(F)(F)F)C=C1. The summed E-state index contributed by atoms with van der Waals surface area (Å²) in [5.41, 5.74) is 5.24. The summed E-state index contributed by atoms with van der Waals surface area (Å²) in [6.45, 7) is 0. The summed E-state index contributed by atoms with van der Waals surface area (Å²) in [6.07, 6.45) is -3.25. The fourth-order valence-corrected chi connectivity index (χ4v) is 3.23. The predicted molar refractivity (Wildman–Crippen MR) is 93.9 cm³/mol. The van der Waals surface area contributed by atoms with Crippen molar-refractivity contribution in [2.24, 2.45) is 11.5 Å². The van der Waals surface area contributed by atoms with E-state index in [4.69, 9.17) is 11.5 Å². The molecule has 0 bridgehead atoms. The van der Waals surface area contributed by atoms with Crippen LogP contribution in [-0.4, -0.2) is 18.0 Å². The normalized spacial score (nSPS) is 24.5. The van der Waals surface area contributed by atoms with Crippen LogP contribution in [0, 0.1) is 0 Å². The Bertz CT molecular complexity index is 896. The van der Waals surface area contributed by atoms with Gasteiger partial charge in [0.05, 0.1) is 5.57 Å². The lowest BCUT2D eigenvalue weighted by Gasteiger charge is -2.38. The minimum atomic E-state index is -4.90. The smallest absolute Gasteiger partial charge is 0.307 e. The Hall–Kier alpha value is -2.58. The lowest BCUT2D eigenvalue weighted by atomic mass is 9.68. The number of benzene rings is 1. The van der Waals surface area contributed by atoms with E-state index in [0.717, 1.165) is 0 Å². The van der Waals surface area contributed by atoms with E-state index < -0.39 is 34.6 Å². The van der Waals surface area contributed by atoms with Crippen LogP contribution in [0.3, 0.4) is 0 Å². The minimum absolute atomic E-state index is 0.0567. The predicted octanol–water partition coefficient (Wildman–Crippen LogP) is 4.58. The van der Waals surface area contributed by atoms with E-state index in [1.807, 2.05) is 0 Å². The van der Waals surface area contributed by atoms with Gasteiger partial charge in [-0.2, -0.15) is 26.3 Å². The van der Waals surface area contributed by atoms with Gasteiger partial charge < -0.3 is 11.5 Å². The molecule has 2 nitrogen and oxygen atoms in total. The average Bonchev–Trinajstić information content (AvgIpc) is 2.60. The maximum Gasteiger partial charge on any atom is 0.416 e. The fraction of sp³-hybridized carbons (Fsp3) is 0.200. The summed E-state index contributed by atoms with van der Waals surface area (Å²) in [6, 6.07) is 6.80. The van der Waals surface area contributed by atoms with Crippen molar-refractivity contribution in [2.45, 2.75) is 23.4 Å². The van der Waals surface area contributed by atoms with Gasteiger partial charge in [0.15, 0.2) is 0 Å². The molecule has 1 unspecified atom stereocenters. The Morgan fingerprint density at radius 2 is 1.32 bits per heavy atom. The van der Waals surface area contributed by atoms with Gasteiger partial charge in [-0.3, -0.25) is 0 Å². The van der Waals surface area contributed by atoms with Crippen molar-refractivity contribution in [3.05, 3.63) is 95.1 Å². The Morgan fingerprint density at radius 3 is 1.82 bits per heavy atom. The number of hydrogen-bond acceptors (Lipinski definition) is 2. The van der Waals surface area contributed by atoms with Crippen molar-refractivity contribution in [1.29, 1.82) is 0 Å². The first-order valence-corrected chi connectivity index (χ1v) is 8.18. The van der Waals surface area contributed by atoms with E-state index in [0.29, 0.717) is 18.2 Å². The molecule has 0 aliphatic heterocycles. The van der Waals surface area contributed by atoms with Crippen LogP contribution in [0.25, 0.3) is 0 Å². The molecule has 0 amide bonds. The quantitative estimate of drug-likeness (QED) is 0.537. The molecule has 1 aromatic carbocycles. The van der Waals surface area contributed by atoms with Crippen molar-refractivity contribution < 1.29 is 26.3 Å². The third kappa shape index (κ3) is 3.45. The van der Waals surface area contributed by atoms with Gasteiger partial charge in [-0.05, 0) is 34.9 Å². The molecule has 0 radical (unpaired) electrons. The highest BCUT2D eigenvalue weighted by Crippen LogP contribution is 2.52. The first-order chi connectivity index (χ1) is 12.9. The third-order valence-electron chi connectivity index (χ3n) is 4.66. The Kier molecular flexibility index (Phi) is 4.68. The highest BCUT2D eigenvalue weighted by atomic mass is 19.4. The van der Waals surface area contributed by atoms with E-state index in [2.05, 4.69) is 0 Å². The molecule has 0 saturated heterocycles. The summed E-state index contributed by atoms with van der Waals surface area (Å²) >= 11 is 0. The summed E-state index contributed by atoms with van der Waals surface area (Å²) in [7, 11) is 0. The van der Waals surface area contributed by atoms with Crippen LogP contribution in [0.1, 0.15) is 5.56 Å². The van der Waals surface area contributed by atoms with Gasteiger partial charge in [0.1, 0.15) is 11.1 Å². The molecule has 4 N–H and O–H groups in total. The lowest BCUT2D eigenvalue weighted by molar-refractivity contribution is -0.165. The van der Waals surface area contributed by atoms with E-state index in [-0.39, 0.29) is 11.1 Å². The van der Waals surface area contributed by atoms with Gasteiger partial charge >= 0.3 is 12.4 Å². The second-order valence-electron chi connectivity index (χ2n) is 6.64.